The minimum atomic E-state index is -3.71. The number of rotatable bonds is 6. The molecule has 1 saturated heterocycles. The molecule has 0 saturated carbocycles. The average molecular weight is 356 g/mol. The van der Waals surface area contributed by atoms with E-state index in [1.165, 1.54) is 17.3 Å². The van der Waals surface area contributed by atoms with Crippen molar-refractivity contribution in [2.24, 2.45) is 0 Å². The van der Waals surface area contributed by atoms with Crippen LogP contribution in [0.2, 0.25) is 0 Å². The van der Waals surface area contributed by atoms with Crippen molar-refractivity contribution >= 4 is 15.9 Å². The number of piperazine rings is 1. The van der Waals surface area contributed by atoms with Crippen LogP contribution in [-0.4, -0.2) is 62.9 Å². The van der Waals surface area contributed by atoms with E-state index >= 15 is 0 Å². The molecule has 1 amide bonds. The van der Waals surface area contributed by atoms with Crippen LogP contribution in [0.25, 0.3) is 0 Å². The molecule has 2 rings (SSSR count). The molecule has 1 aliphatic rings. The first-order valence-corrected chi connectivity index (χ1v) is 9.49. The molecule has 0 atom stereocenters. The average Bonchev–Trinajstić information content (AvgIpc) is 2.56. The van der Waals surface area contributed by atoms with Gasteiger partial charge in [-0.15, -0.1) is 0 Å². The highest BCUT2D eigenvalue weighted by Gasteiger charge is 2.31. The first-order chi connectivity index (χ1) is 11.4. The molecule has 1 heterocycles. The second kappa shape index (κ2) is 7.85. The molecule has 0 N–H and O–H groups in total. The van der Waals surface area contributed by atoms with Gasteiger partial charge in [-0.2, -0.15) is 4.31 Å². The summed E-state index contributed by atoms with van der Waals surface area (Å²) in [6.45, 7) is 7.28. The Hall–Kier alpha value is -1.80. The van der Waals surface area contributed by atoms with Gasteiger partial charge in [0, 0.05) is 39.2 Å². The van der Waals surface area contributed by atoms with Crippen LogP contribution in [0.3, 0.4) is 0 Å². The Morgan fingerprint density at radius 2 is 1.71 bits per heavy atom. The zero-order chi connectivity index (χ0) is 17.7. The van der Waals surface area contributed by atoms with Crippen molar-refractivity contribution in [1.29, 1.82) is 0 Å². The summed E-state index contributed by atoms with van der Waals surface area (Å²) >= 11 is 0. The summed E-state index contributed by atoms with van der Waals surface area (Å²) in [5.41, 5.74) is 0. The SMILES string of the molecule is CCOc1ccc(OCC)c(S(=O)(=O)N2CCN(C(C)=O)CC2)c1. The lowest BCUT2D eigenvalue weighted by atomic mass is 10.3. The van der Waals surface area contributed by atoms with E-state index in [-0.39, 0.29) is 23.9 Å². The van der Waals surface area contributed by atoms with E-state index in [2.05, 4.69) is 0 Å². The predicted molar refractivity (Wildman–Crippen MR) is 89.8 cm³/mol. The second-order valence-corrected chi connectivity index (χ2v) is 7.29. The predicted octanol–water partition coefficient (Wildman–Crippen LogP) is 1.34. The Balaban J connectivity index is 2.30. The Morgan fingerprint density at radius 1 is 1.08 bits per heavy atom. The normalized spacial score (nSPS) is 16.0. The number of carbonyl (C=O) groups is 1. The number of carbonyl (C=O) groups excluding carboxylic acids is 1. The van der Waals surface area contributed by atoms with E-state index in [1.54, 1.807) is 24.0 Å². The molecule has 8 heteroatoms. The molecule has 0 spiro atoms. The fourth-order valence-electron chi connectivity index (χ4n) is 2.60. The quantitative estimate of drug-likeness (QED) is 0.769. The zero-order valence-corrected chi connectivity index (χ0v) is 15.1. The van der Waals surface area contributed by atoms with Crippen LogP contribution >= 0.6 is 0 Å². The molecule has 1 aliphatic heterocycles. The molecule has 0 aliphatic carbocycles. The molecule has 1 aromatic rings. The maximum atomic E-state index is 13.0. The summed E-state index contributed by atoms with van der Waals surface area (Å²) in [6, 6.07) is 4.82. The maximum Gasteiger partial charge on any atom is 0.247 e. The largest absolute Gasteiger partial charge is 0.494 e. The summed E-state index contributed by atoms with van der Waals surface area (Å²) in [4.78, 5) is 13.2. The van der Waals surface area contributed by atoms with Crippen molar-refractivity contribution in [3.8, 4) is 11.5 Å². The number of hydrogen-bond donors (Lipinski definition) is 0. The highest BCUT2D eigenvalue weighted by atomic mass is 32.2. The summed E-state index contributed by atoms with van der Waals surface area (Å²) in [5, 5.41) is 0. The topological polar surface area (TPSA) is 76.2 Å². The third-order valence-electron chi connectivity index (χ3n) is 3.83. The molecule has 0 radical (unpaired) electrons. The number of benzene rings is 1. The van der Waals surface area contributed by atoms with Crippen LogP contribution in [0.4, 0.5) is 0 Å². The molecule has 0 bridgehead atoms. The van der Waals surface area contributed by atoms with Gasteiger partial charge in [0.05, 0.1) is 13.2 Å². The van der Waals surface area contributed by atoms with Crippen molar-refractivity contribution in [2.75, 3.05) is 39.4 Å². The lowest BCUT2D eigenvalue weighted by Gasteiger charge is -2.33. The third-order valence-corrected chi connectivity index (χ3v) is 5.75. The van der Waals surface area contributed by atoms with Crippen molar-refractivity contribution in [1.82, 2.24) is 9.21 Å². The van der Waals surface area contributed by atoms with Gasteiger partial charge in [-0.3, -0.25) is 4.79 Å². The van der Waals surface area contributed by atoms with Gasteiger partial charge in [-0.25, -0.2) is 8.42 Å². The number of sulfonamides is 1. The summed E-state index contributed by atoms with van der Waals surface area (Å²) < 4.78 is 38.3. The van der Waals surface area contributed by atoms with E-state index in [0.717, 1.165) is 0 Å². The van der Waals surface area contributed by atoms with E-state index in [9.17, 15) is 13.2 Å². The fraction of sp³-hybridized carbons (Fsp3) is 0.562. The Kier molecular flexibility index (Phi) is 6.06. The van der Waals surface area contributed by atoms with Gasteiger partial charge in [0.1, 0.15) is 16.4 Å². The Labute approximate surface area is 143 Å². The monoisotopic (exact) mass is 356 g/mol. The summed E-state index contributed by atoms with van der Waals surface area (Å²) in [7, 11) is -3.71. The van der Waals surface area contributed by atoms with Gasteiger partial charge in [0.25, 0.3) is 0 Å². The highest BCUT2D eigenvalue weighted by Crippen LogP contribution is 2.31. The highest BCUT2D eigenvalue weighted by molar-refractivity contribution is 7.89. The van der Waals surface area contributed by atoms with E-state index < -0.39 is 10.0 Å². The lowest BCUT2D eigenvalue weighted by Crippen LogP contribution is -2.49. The van der Waals surface area contributed by atoms with Crippen LogP contribution in [-0.2, 0) is 14.8 Å². The minimum absolute atomic E-state index is 0.0413. The number of ether oxygens (including phenoxy) is 2. The van der Waals surface area contributed by atoms with Gasteiger partial charge in [-0.05, 0) is 26.0 Å². The molecular weight excluding hydrogens is 332 g/mol. The molecule has 24 heavy (non-hydrogen) atoms. The van der Waals surface area contributed by atoms with Crippen LogP contribution in [0, 0.1) is 0 Å². The van der Waals surface area contributed by atoms with Crippen LogP contribution in [0.15, 0.2) is 23.1 Å². The number of hydrogen-bond acceptors (Lipinski definition) is 5. The Bertz CT molecular complexity index is 682. The van der Waals surface area contributed by atoms with E-state index in [1.807, 2.05) is 6.92 Å². The van der Waals surface area contributed by atoms with Gasteiger partial charge in [-0.1, -0.05) is 0 Å². The van der Waals surface area contributed by atoms with Crippen molar-refractivity contribution < 1.29 is 22.7 Å². The molecule has 134 valence electrons. The smallest absolute Gasteiger partial charge is 0.247 e. The first kappa shape index (κ1) is 18.5. The second-order valence-electron chi connectivity index (χ2n) is 5.38. The lowest BCUT2D eigenvalue weighted by molar-refractivity contribution is -0.129. The van der Waals surface area contributed by atoms with Gasteiger partial charge in [0.2, 0.25) is 15.9 Å². The Morgan fingerprint density at radius 3 is 2.25 bits per heavy atom. The third kappa shape index (κ3) is 3.99. The van der Waals surface area contributed by atoms with Crippen LogP contribution < -0.4 is 9.47 Å². The van der Waals surface area contributed by atoms with Gasteiger partial charge in [0.15, 0.2) is 0 Å². The number of amides is 1. The number of nitrogens with zero attached hydrogens (tertiary/aromatic N) is 2. The zero-order valence-electron chi connectivity index (χ0n) is 14.3. The van der Waals surface area contributed by atoms with Crippen LogP contribution in [0.1, 0.15) is 20.8 Å². The summed E-state index contributed by atoms with van der Waals surface area (Å²) in [6.07, 6.45) is 0. The molecule has 0 aromatic heterocycles. The van der Waals surface area contributed by atoms with Gasteiger partial charge >= 0.3 is 0 Å². The molecule has 1 aromatic carbocycles. The van der Waals surface area contributed by atoms with Crippen molar-refractivity contribution in [2.45, 2.75) is 25.7 Å². The van der Waals surface area contributed by atoms with Gasteiger partial charge < -0.3 is 14.4 Å². The molecule has 7 nitrogen and oxygen atoms in total. The van der Waals surface area contributed by atoms with E-state index in [0.29, 0.717) is 37.8 Å². The minimum Gasteiger partial charge on any atom is -0.494 e. The fourth-order valence-corrected chi connectivity index (χ4v) is 4.17. The van der Waals surface area contributed by atoms with E-state index in [4.69, 9.17) is 9.47 Å². The standard InChI is InChI=1S/C16H24N2O5S/c1-4-22-14-6-7-15(23-5-2)16(12-14)24(20,21)18-10-8-17(9-11-18)13(3)19/h6-7,12H,4-5,8-11H2,1-3H3. The first-order valence-electron chi connectivity index (χ1n) is 8.05. The summed E-state index contributed by atoms with van der Waals surface area (Å²) in [5.74, 6) is 0.761. The van der Waals surface area contributed by atoms with Crippen molar-refractivity contribution in [3.05, 3.63) is 18.2 Å². The van der Waals surface area contributed by atoms with Crippen molar-refractivity contribution in [3.63, 3.8) is 0 Å². The maximum absolute atomic E-state index is 13.0. The molecular formula is C16H24N2O5S. The van der Waals surface area contributed by atoms with Crippen LogP contribution in [0.5, 0.6) is 11.5 Å². The molecule has 0 unspecified atom stereocenters. The molecule has 1 fully saturated rings.